The molecule has 0 radical (unpaired) electrons. The lowest BCUT2D eigenvalue weighted by atomic mass is 10.0. The van der Waals surface area contributed by atoms with Crippen LogP contribution in [-0.4, -0.2) is 64.8 Å². The van der Waals surface area contributed by atoms with Gasteiger partial charge in [-0.05, 0) is 26.1 Å². The number of hydrogen-bond donors (Lipinski definition) is 1. The number of fused-ring (bicyclic) bond motifs is 1. The Bertz CT molecular complexity index is 1060. The van der Waals surface area contributed by atoms with Gasteiger partial charge in [-0.1, -0.05) is 23.7 Å². The normalized spacial score (nSPS) is 17.3. The molecule has 3 aromatic rings. The molecule has 0 unspecified atom stereocenters. The number of likely N-dealkylation sites (N-methyl/N-ethyl adjacent to an activating group) is 1. The number of rotatable bonds is 3. The number of nitrogens with zero attached hydrogens (tertiary/aromatic N) is 6. The van der Waals surface area contributed by atoms with Crippen molar-refractivity contribution in [2.75, 3.05) is 49.6 Å². The Labute approximate surface area is 181 Å². The van der Waals surface area contributed by atoms with Gasteiger partial charge in [-0.15, -0.1) is 0 Å². The van der Waals surface area contributed by atoms with E-state index in [0.29, 0.717) is 0 Å². The van der Waals surface area contributed by atoms with Crippen molar-refractivity contribution in [3.05, 3.63) is 52.4 Å². The van der Waals surface area contributed by atoms with Gasteiger partial charge in [-0.3, -0.25) is 5.10 Å². The summed E-state index contributed by atoms with van der Waals surface area (Å²) < 4.78 is 0. The highest BCUT2D eigenvalue weighted by molar-refractivity contribution is 6.30. The van der Waals surface area contributed by atoms with Crippen LogP contribution in [-0.2, 0) is 13.0 Å². The maximum absolute atomic E-state index is 6.21. The summed E-state index contributed by atoms with van der Waals surface area (Å²) in [4.78, 5) is 16.5. The maximum Gasteiger partial charge on any atom is 0.134 e. The van der Waals surface area contributed by atoms with Gasteiger partial charge in [0.25, 0.3) is 0 Å². The minimum Gasteiger partial charge on any atom is -0.354 e. The molecular weight excluding hydrogens is 398 g/mol. The molecule has 0 spiro atoms. The molecule has 2 aromatic heterocycles. The van der Waals surface area contributed by atoms with E-state index in [4.69, 9.17) is 21.6 Å². The van der Waals surface area contributed by atoms with Gasteiger partial charge in [0, 0.05) is 73.6 Å². The molecule has 2 aliphatic heterocycles. The third-order valence-corrected chi connectivity index (χ3v) is 6.23. The highest BCUT2D eigenvalue weighted by Gasteiger charge is 2.25. The number of hydrogen-bond acceptors (Lipinski definition) is 6. The van der Waals surface area contributed by atoms with E-state index in [1.54, 1.807) is 0 Å². The molecule has 5 rings (SSSR count). The highest BCUT2D eigenvalue weighted by atomic mass is 35.5. The molecule has 8 heteroatoms. The summed E-state index contributed by atoms with van der Waals surface area (Å²) in [5.41, 5.74) is 4.44. The van der Waals surface area contributed by atoms with Crippen molar-refractivity contribution in [1.29, 1.82) is 0 Å². The first-order valence-electron chi connectivity index (χ1n) is 10.4. The van der Waals surface area contributed by atoms with Crippen LogP contribution in [0.15, 0.2) is 30.3 Å². The van der Waals surface area contributed by atoms with E-state index >= 15 is 0 Å². The Morgan fingerprint density at radius 2 is 1.73 bits per heavy atom. The van der Waals surface area contributed by atoms with Crippen molar-refractivity contribution >= 4 is 23.2 Å². The van der Waals surface area contributed by atoms with Crippen LogP contribution in [0, 0.1) is 6.92 Å². The zero-order valence-electron chi connectivity index (χ0n) is 17.4. The predicted octanol–water partition coefficient (Wildman–Crippen LogP) is 3.14. The van der Waals surface area contributed by atoms with Crippen molar-refractivity contribution in [2.24, 2.45) is 0 Å². The minimum absolute atomic E-state index is 0.722. The summed E-state index contributed by atoms with van der Waals surface area (Å²) in [6, 6.07) is 10.0. The second-order valence-electron chi connectivity index (χ2n) is 8.13. The first-order chi connectivity index (χ1) is 14.6. The van der Waals surface area contributed by atoms with Gasteiger partial charge < -0.3 is 14.7 Å². The van der Waals surface area contributed by atoms with Crippen LogP contribution in [0.5, 0.6) is 0 Å². The number of anilines is 2. The topological polar surface area (TPSA) is 64.2 Å². The Balaban J connectivity index is 1.43. The number of piperazine rings is 1. The average Bonchev–Trinajstić information content (AvgIpc) is 3.17. The fourth-order valence-electron chi connectivity index (χ4n) is 4.26. The number of nitrogens with one attached hydrogen (secondary N) is 1. The zero-order valence-corrected chi connectivity index (χ0v) is 18.2. The Morgan fingerprint density at radius 1 is 0.967 bits per heavy atom. The predicted molar refractivity (Wildman–Crippen MR) is 120 cm³/mol. The fraction of sp³-hybridized carbons (Fsp3) is 0.409. The summed E-state index contributed by atoms with van der Waals surface area (Å²) in [5, 5.41) is 8.55. The van der Waals surface area contributed by atoms with Crippen molar-refractivity contribution < 1.29 is 0 Å². The largest absolute Gasteiger partial charge is 0.354 e. The SMILES string of the molecule is Cc1nc(N2CCN(C)CC2)cc(N2CCc3[nH]nc(-c4cccc(Cl)c4)c3C2)n1. The summed E-state index contributed by atoms with van der Waals surface area (Å²) in [6.07, 6.45) is 0.912. The standard InChI is InChI=1S/C22H26ClN7/c1-15-24-20(29-10-8-28(2)9-11-29)13-21(25-15)30-7-6-19-18(14-30)22(27-26-19)16-4-3-5-17(23)12-16/h3-5,12-13H,6-11,14H2,1-2H3,(H,26,27). The third-order valence-electron chi connectivity index (χ3n) is 5.99. The number of halogens is 1. The molecule has 0 bridgehead atoms. The molecule has 0 atom stereocenters. The van der Waals surface area contributed by atoms with Gasteiger partial charge in [0.2, 0.25) is 0 Å². The van der Waals surface area contributed by atoms with E-state index in [-0.39, 0.29) is 0 Å². The second-order valence-corrected chi connectivity index (χ2v) is 8.57. The van der Waals surface area contributed by atoms with E-state index in [1.807, 2.05) is 25.1 Å². The van der Waals surface area contributed by atoms with Crippen molar-refractivity contribution in [2.45, 2.75) is 19.9 Å². The number of H-pyrrole nitrogens is 1. The highest BCUT2D eigenvalue weighted by Crippen LogP contribution is 2.32. The van der Waals surface area contributed by atoms with Crippen LogP contribution in [0.25, 0.3) is 11.3 Å². The molecule has 7 nitrogen and oxygen atoms in total. The molecule has 0 saturated carbocycles. The van der Waals surface area contributed by atoms with E-state index < -0.39 is 0 Å². The van der Waals surface area contributed by atoms with Crippen LogP contribution in [0.4, 0.5) is 11.6 Å². The molecule has 4 heterocycles. The van der Waals surface area contributed by atoms with E-state index in [0.717, 1.165) is 79.4 Å². The smallest absolute Gasteiger partial charge is 0.134 e. The van der Waals surface area contributed by atoms with Crippen molar-refractivity contribution in [1.82, 2.24) is 25.1 Å². The average molecular weight is 424 g/mol. The monoisotopic (exact) mass is 423 g/mol. The molecule has 0 aliphatic carbocycles. The lowest BCUT2D eigenvalue weighted by Crippen LogP contribution is -2.45. The zero-order chi connectivity index (χ0) is 20.7. The fourth-order valence-corrected chi connectivity index (χ4v) is 4.45. The third kappa shape index (κ3) is 3.75. The maximum atomic E-state index is 6.21. The van der Waals surface area contributed by atoms with Gasteiger partial charge in [0.05, 0.1) is 5.69 Å². The van der Waals surface area contributed by atoms with Gasteiger partial charge in [-0.2, -0.15) is 5.10 Å². The molecule has 156 valence electrons. The van der Waals surface area contributed by atoms with Crippen LogP contribution in [0.3, 0.4) is 0 Å². The van der Waals surface area contributed by atoms with E-state index in [1.165, 1.54) is 11.3 Å². The summed E-state index contributed by atoms with van der Waals surface area (Å²) in [7, 11) is 2.17. The van der Waals surface area contributed by atoms with Crippen molar-refractivity contribution in [3.63, 3.8) is 0 Å². The molecule has 1 aromatic carbocycles. The van der Waals surface area contributed by atoms with Crippen LogP contribution in [0.2, 0.25) is 5.02 Å². The molecule has 1 N–H and O–H groups in total. The number of benzene rings is 1. The molecule has 1 fully saturated rings. The molecule has 2 aliphatic rings. The quantitative estimate of drug-likeness (QED) is 0.698. The molecule has 1 saturated heterocycles. The number of aromatic amines is 1. The first kappa shape index (κ1) is 19.3. The van der Waals surface area contributed by atoms with E-state index in [9.17, 15) is 0 Å². The van der Waals surface area contributed by atoms with Gasteiger partial charge in [0.15, 0.2) is 0 Å². The Morgan fingerprint density at radius 3 is 2.50 bits per heavy atom. The van der Waals surface area contributed by atoms with E-state index in [2.05, 4.69) is 44.1 Å². The summed E-state index contributed by atoms with van der Waals surface area (Å²) in [5.74, 6) is 2.83. The molecule has 30 heavy (non-hydrogen) atoms. The number of aromatic nitrogens is 4. The van der Waals surface area contributed by atoms with Crippen LogP contribution >= 0.6 is 11.6 Å². The second kappa shape index (κ2) is 7.89. The molecule has 0 amide bonds. The summed E-state index contributed by atoms with van der Waals surface area (Å²) >= 11 is 6.21. The van der Waals surface area contributed by atoms with Crippen LogP contribution < -0.4 is 9.80 Å². The summed E-state index contributed by atoms with van der Waals surface area (Å²) in [6.45, 7) is 7.77. The first-order valence-corrected chi connectivity index (χ1v) is 10.8. The van der Waals surface area contributed by atoms with Gasteiger partial charge >= 0.3 is 0 Å². The Kier molecular flexibility index (Phi) is 5.08. The minimum atomic E-state index is 0.722. The van der Waals surface area contributed by atoms with Gasteiger partial charge in [0.1, 0.15) is 17.5 Å². The van der Waals surface area contributed by atoms with Gasteiger partial charge in [-0.25, -0.2) is 9.97 Å². The van der Waals surface area contributed by atoms with Crippen LogP contribution in [0.1, 0.15) is 17.1 Å². The van der Waals surface area contributed by atoms with Crippen molar-refractivity contribution in [3.8, 4) is 11.3 Å². The lowest BCUT2D eigenvalue weighted by molar-refractivity contribution is 0.312. The lowest BCUT2D eigenvalue weighted by Gasteiger charge is -2.34. The number of aryl methyl sites for hydroxylation is 1. The molecular formula is C22H26ClN7. The Hall–Kier alpha value is -2.64.